The Morgan fingerprint density at radius 2 is 1.62 bits per heavy atom. The van der Waals surface area contributed by atoms with Crippen LogP contribution in [-0.4, -0.2) is 30.4 Å². The van der Waals surface area contributed by atoms with E-state index >= 15 is 0 Å². The third-order valence-corrected chi connectivity index (χ3v) is 3.45. The van der Waals surface area contributed by atoms with Gasteiger partial charge in [-0.25, -0.2) is 0 Å². The molecule has 1 aliphatic rings. The van der Waals surface area contributed by atoms with E-state index in [0.29, 0.717) is 19.4 Å². The Labute approximate surface area is 127 Å². The largest absolute Gasteiger partial charge is 0.455 e. The second-order valence-electron chi connectivity index (χ2n) is 7.59. The summed E-state index contributed by atoms with van der Waals surface area (Å²) in [6.45, 7) is 13.0. The van der Waals surface area contributed by atoms with Gasteiger partial charge in [-0.05, 0) is 41.5 Å². The van der Waals surface area contributed by atoms with Gasteiger partial charge >= 0.3 is 11.9 Å². The Morgan fingerprint density at radius 1 is 1.10 bits per heavy atom. The zero-order chi connectivity index (χ0) is 16.5. The molecule has 1 fully saturated rings. The van der Waals surface area contributed by atoms with Crippen LogP contribution in [0.5, 0.6) is 0 Å². The fourth-order valence-corrected chi connectivity index (χ4v) is 1.91. The number of hydrogen-bond acceptors (Lipinski definition) is 5. The highest BCUT2D eigenvalue weighted by molar-refractivity contribution is 5.76. The quantitative estimate of drug-likeness (QED) is 0.750. The first-order valence-corrected chi connectivity index (χ1v) is 7.51. The highest BCUT2D eigenvalue weighted by atomic mass is 16.7. The summed E-state index contributed by atoms with van der Waals surface area (Å²) in [4.78, 5) is 24.3. The van der Waals surface area contributed by atoms with Gasteiger partial charge in [-0.3, -0.25) is 9.59 Å². The van der Waals surface area contributed by atoms with Gasteiger partial charge in [0.15, 0.2) is 6.10 Å². The summed E-state index contributed by atoms with van der Waals surface area (Å²) < 4.78 is 16.8. The maximum absolute atomic E-state index is 12.2. The molecular weight excluding hydrogens is 272 g/mol. The van der Waals surface area contributed by atoms with Crippen LogP contribution in [0.4, 0.5) is 0 Å². The lowest BCUT2D eigenvalue weighted by Crippen LogP contribution is -2.48. The number of rotatable bonds is 3. The van der Waals surface area contributed by atoms with Gasteiger partial charge in [0.05, 0.1) is 17.4 Å². The van der Waals surface area contributed by atoms with Crippen LogP contribution < -0.4 is 0 Å². The van der Waals surface area contributed by atoms with Gasteiger partial charge in [0.25, 0.3) is 5.79 Å². The van der Waals surface area contributed by atoms with E-state index in [2.05, 4.69) is 0 Å². The first kappa shape index (κ1) is 18.0. The van der Waals surface area contributed by atoms with Crippen molar-refractivity contribution in [1.82, 2.24) is 0 Å². The number of carbonyl (C=O) groups excluding carboxylic acids is 2. The molecule has 0 bridgehead atoms. The molecular formula is C16H28O5. The molecule has 2 atom stereocenters. The third-order valence-electron chi connectivity index (χ3n) is 3.45. The number of esters is 2. The van der Waals surface area contributed by atoms with E-state index in [0.717, 1.165) is 0 Å². The Morgan fingerprint density at radius 3 is 2.05 bits per heavy atom. The zero-order valence-electron chi connectivity index (χ0n) is 14.2. The van der Waals surface area contributed by atoms with Crippen molar-refractivity contribution in [3.05, 3.63) is 0 Å². The molecule has 0 saturated carbocycles. The molecule has 1 heterocycles. The van der Waals surface area contributed by atoms with E-state index in [1.54, 1.807) is 41.5 Å². The lowest BCUT2D eigenvalue weighted by molar-refractivity contribution is -0.252. The Balaban J connectivity index is 2.89. The van der Waals surface area contributed by atoms with Crippen molar-refractivity contribution in [3.63, 3.8) is 0 Å². The molecule has 1 aliphatic heterocycles. The summed E-state index contributed by atoms with van der Waals surface area (Å²) in [7, 11) is 0. The molecule has 1 rings (SSSR count). The average Bonchev–Trinajstić information content (AvgIpc) is 2.70. The van der Waals surface area contributed by atoms with Crippen LogP contribution >= 0.6 is 0 Å². The molecule has 5 heteroatoms. The van der Waals surface area contributed by atoms with Crippen molar-refractivity contribution in [2.45, 2.75) is 73.2 Å². The SMILES string of the molecule is CCC1(OC(=O)C(C)(C)C)OCCC1OC(=O)C(C)(C)C. The molecule has 0 N–H and O–H groups in total. The van der Waals surface area contributed by atoms with Gasteiger partial charge in [0.2, 0.25) is 0 Å². The van der Waals surface area contributed by atoms with E-state index < -0.39 is 22.7 Å². The van der Waals surface area contributed by atoms with E-state index in [1.807, 2.05) is 6.92 Å². The van der Waals surface area contributed by atoms with Gasteiger partial charge in [0, 0.05) is 12.8 Å². The van der Waals surface area contributed by atoms with Crippen LogP contribution in [-0.2, 0) is 23.8 Å². The first-order chi connectivity index (χ1) is 9.42. The summed E-state index contributed by atoms with van der Waals surface area (Å²) >= 11 is 0. The molecule has 0 aromatic rings. The monoisotopic (exact) mass is 300 g/mol. The summed E-state index contributed by atoms with van der Waals surface area (Å²) in [5.74, 6) is -1.84. The standard InChI is InChI=1S/C16H28O5/c1-8-16(21-13(18)15(5,6)7)11(9-10-19-16)20-12(17)14(2,3)4/h11H,8-10H2,1-7H3. The van der Waals surface area contributed by atoms with Crippen LogP contribution in [0.15, 0.2) is 0 Å². The summed E-state index contributed by atoms with van der Waals surface area (Å²) in [6, 6.07) is 0. The smallest absolute Gasteiger partial charge is 0.313 e. The summed E-state index contributed by atoms with van der Waals surface area (Å²) in [5, 5.41) is 0. The number of hydrogen-bond donors (Lipinski definition) is 0. The fraction of sp³-hybridized carbons (Fsp3) is 0.875. The topological polar surface area (TPSA) is 61.8 Å². The number of carbonyl (C=O) groups is 2. The fourth-order valence-electron chi connectivity index (χ4n) is 1.91. The van der Waals surface area contributed by atoms with Gasteiger partial charge < -0.3 is 14.2 Å². The van der Waals surface area contributed by atoms with E-state index in [9.17, 15) is 9.59 Å². The molecule has 2 unspecified atom stereocenters. The van der Waals surface area contributed by atoms with Gasteiger partial charge in [-0.15, -0.1) is 0 Å². The van der Waals surface area contributed by atoms with Crippen molar-refractivity contribution in [3.8, 4) is 0 Å². The van der Waals surface area contributed by atoms with Gasteiger partial charge in [-0.1, -0.05) is 6.92 Å². The van der Waals surface area contributed by atoms with Gasteiger partial charge in [-0.2, -0.15) is 0 Å². The Hall–Kier alpha value is -1.10. The predicted octanol–water partition coefficient (Wildman–Crippen LogP) is 3.06. The Kier molecular flexibility index (Phi) is 5.09. The average molecular weight is 300 g/mol. The normalized spacial score (nSPS) is 26.5. The highest BCUT2D eigenvalue weighted by Crippen LogP contribution is 2.36. The highest BCUT2D eigenvalue weighted by Gasteiger charge is 2.51. The molecule has 0 aromatic heterocycles. The van der Waals surface area contributed by atoms with Crippen molar-refractivity contribution in [2.75, 3.05) is 6.61 Å². The molecule has 0 spiro atoms. The van der Waals surface area contributed by atoms with Crippen LogP contribution in [0.3, 0.4) is 0 Å². The van der Waals surface area contributed by atoms with Crippen molar-refractivity contribution in [1.29, 1.82) is 0 Å². The van der Waals surface area contributed by atoms with Crippen molar-refractivity contribution >= 4 is 11.9 Å². The second-order valence-corrected chi connectivity index (χ2v) is 7.59. The lowest BCUT2D eigenvalue weighted by atomic mass is 9.96. The minimum Gasteiger partial charge on any atom is -0.455 e. The predicted molar refractivity (Wildman–Crippen MR) is 78.5 cm³/mol. The van der Waals surface area contributed by atoms with Crippen LogP contribution in [0, 0.1) is 10.8 Å². The number of ether oxygens (including phenoxy) is 3. The minimum atomic E-state index is -1.16. The molecule has 1 saturated heterocycles. The molecule has 0 aliphatic carbocycles. The second kappa shape index (κ2) is 5.95. The van der Waals surface area contributed by atoms with E-state index in [-0.39, 0.29) is 11.9 Å². The molecule has 0 aromatic carbocycles. The van der Waals surface area contributed by atoms with Crippen molar-refractivity contribution < 1.29 is 23.8 Å². The maximum atomic E-state index is 12.2. The molecule has 122 valence electrons. The molecule has 0 radical (unpaired) electrons. The van der Waals surface area contributed by atoms with Crippen LogP contribution in [0.2, 0.25) is 0 Å². The van der Waals surface area contributed by atoms with Crippen LogP contribution in [0.25, 0.3) is 0 Å². The lowest BCUT2D eigenvalue weighted by Gasteiger charge is -2.35. The van der Waals surface area contributed by atoms with Crippen LogP contribution in [0.1, 0.15) is 61.3 Å². The van der Waals surface area contributed by atoms with Gasteiger partial charge in [0.1, 0.15) is 0 Å². The zero-order valence-corrected chi connectivity index (χ0v) is 14.2. The maximum Gasteiger partial charge on any atom is 0.313 e. The van der Waals surface area contributed by atoms with E-state index in [4.69, 9.17) is 14.2 Å². The first-order valence-electron chi connectivity index (χ1n) is 7.51. The third kappa shape index (κ3) is 4.19. The van der Waals surface area contributed by atoms with E-state index in [1.165, 1.54) is 0 Å². The minimum absolute atomic E-state index is 0.317. The summed E-state index contributed by atoms with van der Waals surface area (Å²) in [5.41, 5.74) is -1.23. The molecule has 0 amide bonds. The Bertz CT molecular complexity index is 402. The molecule has 21 heavy (non-hydrogen) atoms. The molecule has 5 nitrogen and oxygen atoms in total. The summed E-state index contributed by atoms with van der Waals surface area (Å²) in [6.07, 6.45) is 0.421. The van der Waals surface area contributed by atoms with Crippen molar-refractivity contribution in [2.24, 2.45) is 10.8 Å².